The first-order valence-corrected chi connectivity index (χ1v) is 12.5. The van der Waals surface area contributed by atoms with Gasteiger partial charge in [0.1, 0.15) is 27.6 Å². The summed E-state index contributed by atoms with van der Waals surface area (Å²) in [5.74, 6) is -0.232. The fourth-order valence-corrected chi connectivity index (χ4v) is 6.38. The molecule has 184 valence electrons. The van der Waals surface area contributed by atoms with E-state index in [-0.39, 0.29) is 17.2 Å². The van der Waals surface area contributed by atoms with Gasteiger partial charge in [0.2, 0.25) is 0 Å². The molecule has 10 nitrogen and oxygen atoms in total. The molecule has 0 spiro atoms. The van der Waals surface area contributed by atoms with Gasteiger partial charge in [0.05, 0.1) is 26.7 Å². The summed E-state index contributed by atoms with van der Waals surface area (Å²) < 4.78 is 33.4. The van der Waals surface area contributed by atoms with E-state index in [9.17, 15) is 14.1 Å². The molecule has 3 aromatic rings. The van der Waals surface area contributed by atoms with Gasteiger partial charge in [0.15, 0.2) is 5.82 Å². The lowest BCUT2D eigenvalue weighted by Gasteiger charge is -2.41. The number of rotatable bonds is 3. The minimum absolute atomic E-state index is 0.0427. The molecule has 0 aliphatic carbocycles. The van der Waals surface area contributed by atoms with Gasteiger partial charge < -0.3 is 5.11 Å². The van der Waals surface area contributed by atoms with Crippen molar-refractivity contribution in [2.24, 2.45) is 9.36 Å². The standard InChI is InChI=1S/C22H23ClFN7O3S/c1-21(2)19(27-20(32)33)28-22(3,12-35(21,34)25-4)15-9-13(5-7-16(15)24)17-11-31(30-29-17)18-8-6-14(23)10-26-18/h5-11H,12H2,1-4H3,(H,27,28)(H,32,33)/t22-,35?/m0/s1. The highest BCUT2D eigenvalue weighted by molar-refractivity contribution is 7.95. The van der Waals surface area contributed by atoms with Crippen molar-refractivity contribution in [1.82, 2.24) is 25.3 Å². The summed E-state index contributed by atoms with van der Waals surface area (Å²) in [6.07, 6.45) is 1.75. The Kier molecular flexibility index (Phi) is 6.14. The van der Waals surface area contributed by atoms with Gasteiger partial charge in [-0.05, 0) is 51.1 Å². The monoisotopic (exact) mass is 519 g/mol. The Hall–Kier alpha value is -3.38. The van der Waals surface area contributed by atoms with Gasteiger partial charge in [0, 0.05) is 24.4 Å². The average molecular weight is 520 g/mol. The zero-order valence-electron chi connectivity index (χ0n) is 19.4. The molecule has 2 aromatic heterocycles. The molecule has 3 heterocycles. The molecule has 4 rings (SSSR count). The second kappa shape index (κ2) is 8.68. The first-order chi connectivity index (χ1) is 16.4. The molecule has 2 atom stereocenters. The molecule has 1 aromatic carbocycles. The number of hydrogen-bond acceptors (Lipinski definition) is 7. The number of halogens is 2. The van der Waals surface area contributed by atoms with Gasteiger partial charge in [-0.3, -0.25) is 10.3 Å². The van der Waals surface area contributed by atoms with Crippen LogP contribution >= 0.6 is 11.6 Å². The number of nitrogens with zero attached hydrogens (tertiary/aromatic N) is 6. The molecule has 0 saturated heterocycles. The van der Waals surface area contributed by atoms with Gasteiger partial charge >= 0.3 is 6.09 Å². The van der Waals surface area contributed by atoms with Gasteiger partial charge in [-0.2, -0.15) is 0 Å². The topological polar surface area (TPSA) is 135 Å². The normalized spacial score (nSPS) is 23.4. The number of nitrogens with one attached hydrogen (secondary N) is 1. The predicted octanol–water partition coefficient (Wildman–Crippen LogP) is 3.89. The molecule has 2 N–H and O–H groups in total. The predicted molar refractivity (Wildman–Crippen MR) is 131 cm³/mol. The van der Waals surface area contributed by atoms with Crippen molar-refractivity contribution >= 4 is 33.3 Å². The first-order valence-electron chi connectivity index (χ1n) is 10.5. The molecule has 0 radical (unpaired) electrons. The van der Waals surface area contributed by atoms with E-state index in [1.54, 1.807) is 51.2 Å². The van der Waals surface area contributed by atoms with E-state index < -0.39 is 31.9 Å². The molecule has 1 aliphatic heterocycles. The van der Waals surface area contributed by atoms with Gasteiger partial charge in [-0.1, -0.05) is 16.8 Å². The van der Waals surface area contributed by atoms with Crippen LogP contribution in [0.4, 0.5) is 9.18 Å². The summed E-state index contributed by atoms with van der Waals surface area (Å²) in [5.41, 5.74) is -0.254. The summed E-state index contributed by atoms with van der Waals surface area (Å²) >= 11 is 5.89. The maximum absolute atomic E-state index is 15.2. The Labute approximate surface area is 206 Å². The molecule has 1 amide bonds. The van der Waals surface area contributed by atoms with Crippen LogP contribution in [0.3, 0.4) is 0 Å². The Morgan fingerprint density at radius 2 is 2.03 bits per heavy atom. The number of pyridine rings is 1. The zero-order chi connectivity index (χ0) is 25.6. The van der Waals surface area contributed by atoms with E-state index in [2.05, 4.69) is 30.0 Å². The third kappa shape index (κ3) is 4.39. The van der Waals surface area contributed by atoms with Crippen molar-refractivity contribution in [2.75, 3.05) is 12.8 Å². The first kappa shape index (κ1) is 24.7. The lowest BCUT2D eigenvalue weighted by atomic mass is 9.91. The second-order valence-electron chi connectivity index (χ2n) is 8.72. The molecule has 1 unspecified atom stereocenters. The summed E-state index contributed by atoms with van der Waals surface area (Å²) in [4.78, 5) is 20.2. The maximum Gasteiger partial charge on any atom is 0.410 e. The minimum atomic E-state index is -3.04. The van der Waals surface area contributed by atoms with Crippen LogP contribution in [0.5, 0.6) is 0 Å². The highest BCUT2D eigenvalue weighted by Gasteiger charge is 2.49. The Morgan fingerprint density at radius 3 is 2.66 bits per heavy atom. The van der Waals surface area contributed by atoms with E-state index in [4.69, 9.17) is 11.6 Å². The van der Waals surface area contributed by atoms with Crippen LogP contribution in [-0.4, -0.2) is 58.8 Å². The van der Waals surface area contributed by atoms with Crippen LogP contribution in [0.15, 0.2) is 52.1 Å². The summed E-state index contributed by atoms with van der Waals surface area (Å²) in [6, 6.07) is 7.71. The number of aromatic nitrogens is 4. The van der Waals surface area contributed by atoms with Crippen LogP contribution in [0.25, 0.3) is 17.1 Å². The number of benzene rings is 1. The fourth-order valence-electron chi connectivity index (χ4n) is 3.95. The molecular weight excluding hydrogens is 497 g/mol. The third-order valence-electron chi connectivity index (χ3n) is 6.01. The lowest BCUT2D eigenvalue weighted by Crippen LogP contribution is -2.57. The molecular formula is C22H23ClFN7O3S. The minimum Gasteiger partial charge on any atom is -0.465 e. The van der Waals surface area contributed by atoms with E-state index in [0.717, 1.165) is 0 Å². The quantitative estimate of drug-likeness (QED) is 0.539. The van der Waals surface area contributed by atoms with Crippen LogP contribution in [0, 0.1) is 5.82 Å². The molecule has 1 aliphatic rings. The van der Waals surface area contributed by atoms with E-state index in [0.29, 0.717) is 22.1 Å². The molecule has 13 heteroatoms. The number of hydrogen-bond donors (Lipinski definition) is 2. The van der Waals surface area contributed by atoms with Crippen LogP contribution in [0.1, 0.15) is 26.3 Å². The highest BCUT2D eigenvalue weighted by atomic mass is 35.5. The van der Waals surface area contributed by atoms with Gasteiger partial charge in [0.25, 0.3) is 0 Å². The SMILES string of the molecule is CN=S1(=O)C[C@@](C)(c2cc(-c3cn(-c4ccc(Cl)cn4)nn3)ccc2F)N=C(NC(=O)O)C1(C)C. The third-order valence-corrected chi connectivity index (χ3v) is 9.56. The summed E-state index contributed by atoms with van der Waals surface area (Å²) in [6.45, 7) is 4.81. The van der Waals surface area contributed by atoms with E-state index >= 15 is 4.39 Å². The average Bonchev–Trinajstić information content (AvgIpc) is 3.28. The van der Waals surface area contributed by atoms with Crippen molar-refractivity contribution in [1.29, 1.82) is 0 Å². The molecule has 0 saturated carbocycles. The number of carbonyl (C=O) groups is 1. The Morgan fingerprint density at radius 1 is 1.29 bits per heavy atom. The fraction of sp³-hybridized carbons (Fsp3) is 0.318. The molecule has 35 heavy (non-hydrogen) atoms. The van der Waals surface area contributed by atoms with Crippen molar-refractivity contribution in [3.63, 3.8) is 0 Å². The smallest absolute Gasteiger partial charge is 0.410 e. The van der Waals surface area contributed by atoms with E-state index in [1.165, 1.54) is 24.0 Å². The number of aliphatic imine (C=N–C) groups is 1. The van der Waals surface area contributed by atoms with Crippen molar-refractivity contribution in [3.05, 3.63) is 59.1 Å². The summed E-state index contributed by atoms with van der Waals surface area (Å²) in [5, 5.41) is 20.3. The van der Waals surface area contributed by atoms with Crippen molar-refractivity contribution in [2.45, 2.75) is 31.1 Å². The van der Waals surface area contributed by atoms with Gasteiger partial charge in [-0.15, -0.1) is 5.10 Å². The second-order valence-corrected chi connectivity index (χ2v) is 12.1. The van der Waals surface area contributed by atoms with Gasteiger partial charge in [-0.25, -0.2) is 27.4 Å². The van der Waals surface area contributed by atoms with E-state index in [1.807, 2.05) is 0 Å². The highest BCUT2D eigenvalue weighted by Crippen LogP contribution is 2.40. The van der Waals surface area contributed by atoms with Crippen molar-refractivity contribution in [3.8, 4) is 17.1 Å². The van der Waals surface area contributed by atoms with Crippen LogP contribution < -0.4 is 5.32 Å². The molecule has 0 fully saturated rings. The maximum atomic E-state index is 15.2. The Bertz CT molecular complexity index is 1460. The number of amides is 1. The van der Waals surface area contributed by atoms with Crippen LogP contribution in [0.2, 0.25) is 5.02 Å². The molecule has 0 bridgehead atoms. The van der Waals surface area contributed by atoms with Crippen molar-refractivity contribution < 1.29 is 18.5 Å². The summed E-state index contributed by atoms with van der Waals surface area (Å²) in [7, 11) is -1.63. The zero-order valence-corrected chi connectivity index (χ0v) is 20.9. The van der Waals surface area contributed by atoms with Crippen LogP contribution in [-0.2, 0) is 15.3 Å². The number of amidine groups is 1. The lowest BCUT2D eigenvalue weighted by molar-refractivity contribution is 0.199. The number of carboxylic acid groups (broad SMARTS) is 1. The largest absolute Gasteiger partial charge is 0.465 e. The Balaban J connectivity index is 1.81.